The molecule has 0 aliphatic carbocycles. The van der Waals surface area contributed by atoms with Crippen LogP contribution < -0.4 is 32.7 Å². The number of sulfone groups is 1. The number of carbonyl (C=O) groups excluding carboxylic acids is 12. The summed E-state index contributed by atoms with van der Waals surface area (Å²) in [6.45, 7) is 22.3. The summed E-state index contributed by atoms with van der Waals surface area (Å²) in [5.74, 6) is -10.6. The van der Waals surface area contributed by atoms with Crippen molar-refractivity contribution in [1.82, 2.24) is 30.7 Å². The minimum absolute atomic E-state index is 0.00372. The minimum atomic E-state index is -3.89. The van der Waals surface area contributed by atoms with E-state index in [9.17, 15) is 71.1 Å². The molecular formula is C92H129N9O18S. The Labute approximate surface area is 708 Å². The van der Waals surface area contributed by atoms with Gasteiger partial charge in [-0.05, 0) is 129 Å². The standard InChI is InChI=1S/C92H129N9O18S/c1-17-60(10)83(78(117-15)52-80(106)101-48-22-26-74(101)86(118-16)62(12)75(102)49-61(11)84(107)66-23-19-18-20-24-66)99(13)90(112)72(55(2)3)51-77(104)82(57(6)7)100(14)92(114)119-53-64-34-42-70(43-35-64)96-88(110)73(25-21-47-95-91(94)113)97-89(111)81(56(4)5)98-79(105)46-41-68(87(93)109)50-76(103)65-37-39-67(40-38-65)85(108)69(36-33-63-31-27-58(8)28-32-63)54-120(115,116)71-44-29-59(9)30-45-71/h18-20,23-24,27-32,34-35,37-40,42-45,55-57,60-62,68-69,72-74,78,81-84,86,107H,17,21-22,25-26,33,36,41,46-54H2,1-16H3,(H2,93,109)(H,96,110)(H,97,111)(H,98,105)(H3,94,95,113)/t60-,61-,62-,68+,69?,72-,73-,74-,78+,81-,82-,83-,84+,86+/m0/s1. The number of urea groups is 1. The summed E-state index contributed by atoms with van der Waals surface area (Å²) in [6.07, 6.45) is -1.36. The van der Waals surface area contributed by atoms with Gasteiger partial charge in [-0.2, -0.15) is 0 Å². The number of aryl methyl sites for hydroxylation is 3. The van der Waals surface area contributed by atoms with Crippen molar-refractivity contribution in [2.45, 2.75) is 227 Å². The number of nitrogens with one attached hydrogen (secondary N) is 4. The lowest BCUT2D eigenvalue weighted by Crippen LogP contribution is -2.54. The highest BCUT2D eigenvalue weighted by Crippen LogP contribution is 2.35. The van der Waals surface area contributed by atoms with Crippen LogP contribution in [0.5, 0.6) is 0 Å². The van der Waals surface area contributed by atoms with Crippen molar-refractivity contribution in [2.24, 2.45) is 64.7 Å². The average molecular weight is 1680 g/mol. The smallest absolute Gasteiger partial charge is 0.410 e. The lowest BCUT2D eigenvalue weighted by molar-refractivity contribution is -0.149. The molecule has 27 nitrogen and oxygen atoms in total. The van der Waals surface area contributed by atoms with E-state index >= 15 is 0 Å². The number of hydrogen-bond donors (Lipinski definition) is 7. The number of ether oxygens (including phenoxy) is 3. The zero-order chi connectivity index (χ0) is 89.0. The van der Waals surface area contributed by atoms with E-state index in [1.807, 2.05) is 103 Å². The number of rotatable bonds is 49. The van der Waals surface area contributed by atoms with Crippen LogP contribution in [0, 0.1) is 67.1 Å². The average Bonchev–Trinajstić information content (AvgIpc) is 1.84. The third-order valence-electron chi connectivity index (χ3n) is 23.3. The monoisotopic (exact) mass is 1680 g/mol. The van der Waals surface area contributed by atoms with Gasteiger partial charge in [-0.3, -0.25) is 47.9 Å². The summed E-state index contributed by atoms with van der Waals surface area (Å²) in [5, 5.41) is 21.7. The summed E-state index contributed by atoms with van der Waals surface area (Å²) < 4.78 is 45.3. The van der Waals surface area contributed by atoms with Gasteiger partial charge in [0.05, 0.1) is 53.5 Å². The van der Waals surface area contributed by atoms with Crippen LogP contribution in [-0.4, -0.2) is 188 Å². The van der Waals surface area contributed by atoms with E-state index in [-0.39, 0.29) is 127 Å². The summed E-state index contributed by atoms with van der Waals surface area (Å²) in [7, 11) is 2.29. The van der Waals surface area contributed by atoms with Gasteiger partial charge in [-0.15, -0.1) is 0 Å². The summed E-state index contributed by atoms with van der Waals surface area (Å²) in [4.78, 5) is 171. The van der Waals surface area contributed by atoms with Crippen LogP contribution in [0.3, 0.4) is 0 Å². The zero-order valence-corrected chi connectivity index (χ0v) is 73.6. The fourth-order valence-corrected chi connectivity index (χ4v) is 17.4. The number of aliphatic hydroxyl groups is 1. The van der Waals surface area contributed by atoms with Crippen LogP contribution in [0.2, 0.25) is 0 Å². The van der Waals surface area contributed by atoms with Crippen LogP contribution in [-0.2, 0) is 75.4 Å². The number of likely N-dealkylation sites (tertiary alicyclic amines) is 1. The molecule has 0 aromatic heterocycles. The van der Waals surface area contributed by atoms with Crippen molar-refractivity contribution in [1.29, 1.82) is 0 Å². The number of hydrogen-bond acceptors (Lipinski definition) is 18. The number of primary amides is 2. The number of anilines is 1. The first-order chi connectivity index (χ1) is 56.7. The fraction of sp³-hybridized carbons (Fsp3) is 0.543. The molecule has 0 radical (unpaired) electrons. The Balaban J connectivity index is 1.03. The second-order valence-electron chi connectivity index (χ2n) is 33.5. The maximum Gasteiger partial charge on any atom is 0.410 e. The second kappa shape index (κ2) is 47.2. The predicted molar refractivity (Wildman–Crippen MR) is 459 cm³/mol. The summed E-state index contributed by atoms with van der Waals surface area (Å²) in [5.41, 5.74) is 15.8. The quantitative estimate of drug-likeness (QED) is 0.0140. The van der Waals surface area contributed by atoms with Crippen molar-refractivity contribution in [2.75, 3.05) is 52.5 Å². The van der Waals surface area contributed by atoms with Gasteiger partial charge in [0.15, 0.2) is 27.2 Å². The van der Waals surface area contributed by atoms with E-state index < -0.39 is 153 Å². The van der Waals surface area contributed by atoms with Gasteiger partial charge in [0.2, 0.25) is 35.4 Å². The molecular weight excluding hydrogens is 1550 g/mol. The van der Waals surface area contributed by atoms with Gasteiger partial charge in [-0.25, -0.2) is 18.0 Å². The van der Waals surface area contributed by atoms with Gasteiger partial charge >= 0.3 is 12.1 Å². The Morgan fingerprint density at radius 2 is 1.24 bits per heavy atom. The van der Waals surface area contributed by atoms with Crippen molar-refractivity contribution in [3.63, 3.8) is 0 Å². The van der Waals surface area contributed by atoms with E-state index in [1.165, 1.54) is 55.5 Å². The molecule has 0 bridgehead atoms. The van der Waals surface area contributed by atoms with E-state index in [0.717, 1.165) is 22.3 Å². The Morgan fingerprint density at radius 3 is 1.81 bits per heavy atom. The van der Waals surface area contributed by atoms with Gasteiger partial charge in [0.1, 0.15) is 24.5 Å². The van der Waals surface area contributed by atoms with Crippen molar-refractivity contribution >= 4 is 86.2 Å². The number of Topliss-reactive ketones (excluding diaryl/α,β-unsaturated/α-hetero) is 4. The molecule has 28 heteroatoms. The number of ketones is 4. The van der Waals surface area contributed by atoms with Crippen LogP contribution in [0.4, 0.5) is 15.3 Å². The van der Waals surface area contributed by atoms with Crippen LogP contribution in [0.25, 0.3) is 0 Å². The number of benzene rings is 5. The molecule has 5 aromatic carbocycles. The number of carbonyl (C=O) groups is 12. The number of methoxy groups -OCH3 is 2. The maximum atomic E-state index is 15.0. The molecule has 0 spiro atoms. The molecule has 9 N–H and O–H groups in total. The molecule has 120 heavy (non-hydrogen) atoms. The van der Waals surface area contributed by atoms with Crippen LogP contribution >= 0.6 is 0 Å². The zero-order valence-electron chi connectivity index (χ0n) is 72.8. The van der Waals surface area contributed by atoms with E-state index in [4.69, 9.17) is 25.7 Å². The highest BCUT2D eigenvalue weighted by molar-refractivity contribution is 7.91. The number of nitrogens with two attached hydrogens (primary N) is 2. The molecule has 1 unspecified atom stereocenters. The number of nitrogens with zero attached hydrogens (tertiary/aromatic N) is 3. The Morgan fingerprint density at radius 1 is 0.633 bits per heavy atom. The third kappa shape index (κ3) is 28.8. The number of aliphatic hydroxyl groups excluding tert-OH is 1. The van der Waals surface area contributed by atoms with Crippen molar-refractivity contribution < 1.29 is 85.3 Å². The molecule has 0 saturated carbocycles. The lowest BCUT2D eigenvalue weighted by atomic mass is 9.83. The molecule has 6 rings (SSSR count). The third-order valence-corrected chi connectivity index (χ3v) is 25.2. The molecule has 1 heterocycles. The molecule has 1 aliphatic rings. The highest BCUT2D eigenvalue weighted by atomic mass is 32.2. The Bertz CT molecular complexity index is 4370. The molecule has 1 aliphatic heterocycles. The van der Waals surface area contributed by atoms with Gasteiger partial charge < -0.3 is 66.8 Å². The molecule has 9 amide bonds. The van der Waals surface area contributed by atoms with Gasteiger partial charge in [-0.1, -0.05) is 190 Å². The summed E-state index contributed by atoms with van der Waals surface area (Å²) >= 11 is 0. The molecule has 14 atom stereocenters. The molecule has 1 fully saturated rings. The molecule has 656 valence electrons. The van der Waals surface area contributed by atoms with Crippen LogP contribution in [0.1, 0.15) is 201 Å². The van der Waals surface area contributed by atoms with E-state index in [0.29, 0.717) is 37.8 Å². The lowest BCUT2D eigenvalue weighted by Gasteiger charge is -2.41. The summed E-state index contributed by atoms with van der Waals surface area (Å²) in [6, 6.07) is 30.1. The molecule has 1 saturated heterocycles. The van der Waals surface area contributed by atoms with E-state index in [1.54, 1.807) is 95.0 Å². The molecule has 5 aromatic rings. The fourth-order valence-electron chi connectivity index (χ4n) is 15.8. The highest BCUT2D eigenvalue weighted by Gasteiger charge is 2.45. The maximum absolute atomic E-state index is 15.0. The normalized spacial score (nSPS) is 16.2. The SMILES string of the molecule is CC[C@H](C)[C@@H]([C@@H](CC(=O)N1CCC[C@H]1[C@H](OC)[C@@H](C)C(=O)C[C@H](C)[C@@H](O)c1ccccc1)OC)N(C)C(=O)[C@@H](CC(=O)[C@H](C(C)C)N(C)C(=O)OCc1ccc(NC(=O)[C@H](CCCNC(N)=O)NC(=O)[C@@H](NC(=O)CC[C@H](CC(=O)c2ccc(C(=O)C(CCc3ccc(C)cc3)CS(=O)(=O)c3ccc(C)cc3)cc2)C(N)=O)C(C)C)cc1)C(C)C. The van der Waals surface area contributed by atoms with E-state index in [2.05, 4.69) is 21.3 Å². The first-order valence-corrected chi connectivity index (χ1v) is 43.5. The van der Waals surface area contributed by atoms with Gasteiger partial charge in [0.25, 0.3) is 0 Å². The van der Waals surface area contributed by atoms with Crippen molar-refractivity contribution in [3.05, 3.63) is 166 Å². The van der Waals surface area contributed by atoms with Crippen molar-refractivity contribution in [3.8, 4) is 0 Å². The first-order valence-electron chi connectivity index (χ1n) is 41.9. The topological polar surface area (TPSA) is 397 Å². The number of likely N-dealkylation sites (N-methyl/N-ethyl adjacent to an activating group) is 2. The Hall–Kier alpha value is -10.0. The number of amides is 9. The Kier molecular flexibility index (Phi) is 38.9. The minimum Gasteiger partial charge on any atom is -0.445 e. The largest absolute Gasteiger partial charge is 0.445 e. The second-order valence-corrected chi connectivity index (χ2v) is 35.5. The first kappa shape index (κ1) is 98.8. The van der Waals surface area contributed by atoms with Gasteiger partial charge in [0, 0.05) is 108 Å². The van der Waals surface area contributed by atoms with Crippen LogP contribution in [0.15, 0.2) is 132 Å². The predicted octanol–water partition coefficient (Wildman–Crippen LogP) is 11.4.